The van der Waals surface area contributed by atoms with Crippen LogP contribution in [0.1, 0.15) is 19.3 Å². The average Bonchev–Trinajstić information content (AvgIpc) is 2.49. The minimum atomic E-state index is -3.39. The van der Waals surface area contributed by atoms with Gasteiger partial charge in [0.1, 0.15) is 0 Å². The molecule has 1 saturated carbocycles. The first-order chi connectivity index (χ1) is 6.18. The highest BCUT2D eigenvalue weighted by Crippen LogP contribution is 2.19. The summed E-state index contributed by atoms with van der Waals surface area (Å²) in [5.41, 5.74) is 0. The van der Waals surface area contributed by atoms with Crippen molar-refractivity contribution in [3.05, 3.63) is 12.4 Å². The summed E-state index contributed by atoms with van der Waals surface area (Å²) in [6.07, 6.45) is 5.88. The maximum Gasteiger partial charge on any atom is 0.274 e. The van der Waals surface area contributed by atoms with Gasteiger partial charge in [0, 0.05) is 18.4 Å². The third kappa shape index (κ3) is 1.73. The molecule has 2 N–H and O–H groups in total. The number of nitrogens with one attached hydrogen (secondary N) is 2. The van der Waals surface area contributed by atoms with Crippen LogP contribution < -0.4 is 4.72 Å². The van der Waals surface area contributed by atoms with Crippen molar-refractivity contribution in [2.75, 3.05) is 0 Å². The molecule has 0 spiro atoms. The van der Waals surface area contributed by atoms with Crippen molar-refractivity contribution in [3.63, 3.8) is 0 Å². The number of imidazole rings is 1. The molecule has 0 radical (unpaired) electrons. The van der Waals surface area contributed by atoms with Crippen LogP contribution in [-0.4, -0.2) is 24.4 Å². The Bertz CT molecular complexity index is 366. The van der Waals surface area contributed by atoms with Crippen LogP contribution in [0.3, 0.4) is 0 Å². The van der Waals surface area contributed by atoms with Crippen LogP contribution in [0.15, 0.2) is 17.6 Å². The number of hydrogen-bond acceptors (Lipinski definition) is 3. The van der Waals surface area contributed by atoms with Gasteiger partial charge in [-0.05, 0) is 12.8 Å². The molecule has 1 aromatic heterocycles. The van der Waals surface area contributed by atoms with Crippen LogP contribution in [0.5, 0.6) is 0 Å². The van der Waals surface area contributed by atoms with Crippen molar-refractivity contribution in [3.8, 4) is 0 Å². The summed E-state index contributed by atoms with van der Waals surface area (Å²) in [5, 5.41) is -0.000556. The van der Waals surface area contributed by atoms with Crippen LogP contribution >= 0.6 is 0 Å². The van der Waals surface area contributed by atoms with E-state index in [0.29, 0.717) is 0 Å². The summed E-state index contributed by atoms with van der Waals surface area (Å²) in [4.78, 5) is 6.26. The lowest BCUT2D eigenvalue weighted by Crippen LogP contribution is -2.39. The molecule has 0 aromatic carbocycles. The van der Waals surface area contributed by atoms with E-state index >= 15 is 0 Å². The van der Waals surface area contributed by atoms with E-state index in [1.165, 1.54) is 12.4 Å². The molecule has 72 valence electrons. The quantitative estimate of drug-likeness (QED) is 0.735. The summed E-state index contributed by atoms with van der Waals surface area (Å²) < 4.78 is 25.6. The molecule has 2 rings (SSSR count). The molecule has 0 saturated heterocycles. The lowest BCUT2D eigenvalue weighted by molar-refractivity contribution is 0.382. The molecule has 0 aliphatic heterocycles. The first-order valence-electron chi connectivity index (χ1n) is 4.20. The summed E-state index contributed by atoms with van der Waals surface area (Å²) in [7, 11) is -3.39. The SMILES string of the molecule is O=S(=O)(NC1CCC1)c1ncc[nH]1. The molecular formula is C7H11N3O2S. The van der Waals surface area contributed by atoms with E-state index in [0.717, 1.165) is 19.3 Å². The van der Waals surface area contributed by atoms with Crippen LogP contribution in [0.2, 0.25) is 0 Å². The van der Waals surface area contributed by atoms with Crippen molar-refractivity contribution in [2.45, 2.75) is 30.5 Å². The van der Waals surface area contributed by atoms with Crippen molar-refractivity contribution in [1.82, 2.24) is 14.7 Å². The van der Waals surface area contributed by atoms with E-state index in [-0.39, 0.29) is 11.2 Å². The van der Waals surface area contributed by atoms with Gasteiger partial charge in [0.2, 0.25) is 5.16 Å². The van der Waals surface area contributed by atoms with Crippen LogP contribution in [-0.2, 0) is 10.0 Å². The Morgan fingerprint density at radius 2 is 2.31 bits per heavy atom. The topological polar surface area (TPSA) is 74.8 Å². The number of H-pyrrole nitrogens is 1. The van der Waals surface area contributed by atoms with E-state index in [9.17, 15) is 8.42 Å². The second kappa shape index (κ2) is 3.12. The van der Waals surface area contributed by atoms with Crippen LogP contribution in [0, 0.1) is 0 Å². The zero-order valence-electron chi connectivity index (χ0n) is 7.03. The van der Waals surface area contributed by atoms with E-state index < -0.39 is 10.0 Å². The molecule has 1 aliphatic carbocycles. The summed E-state index contributed by atoms with van der Waals surface area (Å²) in [5.74, 6) is 0. The van der Waals surface area contributed by atoms with E-state index in [4.69, 9.17) is 0 Å². The predicted molar refractivity (Wildman–Crippen MR) is 46.5 cm³/mol. The van der Waals surface area contributed by atoms with Gasteiger partial charge in [-0.2, -0.15) is 0 Å². The summed E-state index contributed by atoms with van der Waals surface area (Å²) in [6.45, 7) is 0. The van der Waals surface area contributed by atoms with Gasteiger partial charge in [-0.1, -0.05) is 6.42 Å². The third-order valence-corrected chi connectivity index (χ3v) is 3.53. The van der Waals surface area contributed by atoms with Gasteiger partial charge in [0.05, 0.1) is 0 Å². The monoisotopic (exact) mass is 201 g/mol. The van der Waals surface area contributed by atoms with Crippen LogP contribution in [0.4, 0.5) is 0 Å². The lowest BCUT2D eigenvalue weighted by Gasteiger charge is -2.25. The molecule has 0 amide bonds. The van der Waals surface area contributed by atoms with Gasteiger partial charge < -0.3 is 4.98 Å². The van der Waals surface area contributed by atoms with Crippen molar-refractivity contribution in [1.29, 1.82) is 0 Å². The van der Waals surface area contributed by atoms with Gasteiger partial charge in [0.15, 0.2) is 0 Å². The average molecular weight is 201 g/mol. The molecule has 1 aromatic rings. The zero-order chi connectivity index (χ0) is 9.31. The van der Waals surface area contributed by atoms with Gasteiger partial charge >= 0.3 is 0 Å². The maximum absolute atomic E-state index is 11.5. The fourth-order valence-electron chi connectivity index (χ4n) is 1.20. The number of aromatic amines is 1. The Kier molecular flexibility index (Phi) is 2.09. The Balaban J connectivity index is 2.12. The number of hydrogen-bond donors (Lipinski definition) is 2. The fraction of sp³-hybridized carbons (Fsp3) is 0.571. The highest BCUT2D eigenvalue weighted by Gasteiger charge is 2.25. The molecule has 5 nitrogen and oxygen atoms in total. The number of nitrogens with zero attached hydrogens (tertiary/aromatic N) is 1. The van der Waals surface area contributed by atoms with Gasteiger partial charge in [-0.3, -0.25) is 0 Å². The first kappa shape index (κ1) is 8.71. The number of aromatic nitrogens is 2. The van der Waals surface area contributed by atoms with Crippen molar-refractivity contribution < 1.29 is 8.42 Å². The lowest BCUT2D eigenvalue weighted by atomic mass is 9.94. The highest BCUT2D eigenvalue weighted by molar-refractivity contribution is 7.89. The first-order valence-corrected chi connectivity index (χ1v) is 5.68. The summed E-state index contributed by atoms with van der Waals surface area (Å²) in [6, 6.07) is 0.107. The van der Waals surface area contributed by atoms with Crippen molar-refractivity contribution in [2.24, 2.45) is 0 Å². The summed E-state index contributed by atoms with van der Waals surface area (Å²) >= 11 is 0. The molecule has 1 heterocycles. The van der Waals surface area contributed by atoms with E-state index in [1.807, 2.05) is 0 Å². The number of sulfonamides is 1. The minimum Gasteiger partial charge on any atom is -0.334 e. The van der Waals surface area contributed by atoms with E-state index in [1.54, 1.807) is 0 Å². The molecular weight excluding hydrogens is 190 g/mol. The molecule has 1 fully saturated rings. The Morgan fingerprint density at radius 3 is 2.77 bits per heavy atom. The fourth-order valence-corrected chi connectivity index (χ4v) is 2.41. The van der Waals surface area contributed by atoms with Gasteiger partial charge in [0.25, 0.3) is 10.0 Å². The molecule has 0 bridgehead atoms. The maximum atomic E-state index is 11.5. The second-order valence-electron chi connectivity index (χ2n) is 3.14. The third-order valence-electron chi connectivity index (χ3n) is 2.15. The van der Waals surface area contributed by atoms with Crippen molar-refractivity contribution >= 4 is 10.0 Å². The van der Waals surface area contributed by atoms with Gasteiger partial charge in [-0.25, -0.2) is 18.1 Å². The van der Waals surface area contributed by atoms with Crippen LogP contribution in [0.25, 0.3) is 0 Å². The minimum absolute atomic E-state index is 0.000556. The predicted octanol–water partition coefficient (Wildman–Crippen LogP) is 0.240. The normalized spacial score (nSPS) is 18.5. The largest absolute Gasteiger partial charge is 0.334 e. The molecule has 0 unspecified atom stereocenters. The molecule has 6 heteroatoms. The Hall–Kier alpha value is -0.880. The van der Waals surface area contributed by atoms with Gasteiger partial charge in [-0.15, -0.1) is 0 Å². The highest BCUT2D eigenvalue weighted by atomic mass is 32.2. The molecule has 0 atom stereocenters. The Morgan fingerprint density at radius 1 is 1.54 bits per heavy atom. The number of rotatable bonds is 3. The van der Waals surface area contributed by atoms with E-state index in [2.05, 4.69) is 14.7 Å². The zero-order valence-corrected chi connectivity index (χ0v) is 7.84. The molecule has 13 heavy (non-hydrogen) atoms. The Labute approximate surface area is 76.6 Å². The second-order valence-corrected chi connectivity index (χ2v) is 4.77. The smallest absolute Gasteiger partial charge is 0.274 e. The molecule has 1 aliphatic rings. The standard InChI is InChI=1S/C7H11N3O2S/c11-13(12,7-8-4-5-9-7)10-6-2-1-3-6/h4-6,10H,1-3H2,(H,8,9).